The molecule has 0 unspecified atom stereocenters. The molecular weight excluding hydrogens is 202 g/mol. The van der Waals surface area contributed by atoms with Crippen molar-refractivity contribution in [1.29, 1.82) is 0 Å². The van der Waals surface area contributed by atoms with Crippen molar-refractivity contribution in [3.8, 4) is 0 Å². The third-order valence-corrected chi connectivity index (χ3v) is 2.98. The van der Waals surface area contributed by atoms with Gasteiger partial charge in [-0.05, 0) is 36.6 Å². The highest BCUT2D eigenvalue weighted by atomic mass is 16.4. The largest absolute Gasteiger partial charge is 0.478 e. The molecule has 0 radical (unpaired) electrons. The second-order valence-electron chi connectivity index (χ2n) is 4.11. The van der Waals surface area contributed by atoms with Crippen LogP contribution in [0.15, 0.2) is 18.3 Å². The monoisotopic (exact) mass is 217 g/mol. The molecule has 0 bridgehead atoms. The lowest BCUT2D eigenvalue weighted by Gasteiger charge is -2.03. The highest BCUT2D eigenvalue weighted by Crippen LogP contribution is 2.26. The number of carboxylic acids is 1. The molecule has 1 aromatic heterocycles. The van der Waals surface area contributed by atoms with Gasteiger partial charge in [0, 0.05) is 18.6 Å². The Morgan fingerprint density at radius 1 is 1.44 bits per heavy atom. The maximum absolute atomic E-state index is 11.0. The van der Waals surface area contributed by atoms with E-state index < -0.39 is 5.97 Å². The first-order chi connectivity index (χ1) is 7.54. The number of rotatable bonds is 2. The van der Waals surface area contributed by atoms with Crippen LogP contribution in [-0.2, 0) is 13.5 Å². The van der Waals surface area contributed by atoms with Crippen molar-refractivity contribution in [3.05, 3.63) is 35.0 Å². The minimum Gasteiger partial charge on any atom is -0.478 e. The van der Waals surface area contributed by atoms with Gasteiger partial charge in [-0.3, -0.25) is 0 Å². The van der Waals surface area contributed by atoms with Gasteiger partial charge in [0.05, 0.1) is 11.1 Å². The molecule has 0 atom stereocenters. The summed E-state index contributed by atoms with van der Waals surface area (Å²) in [5.74, 6) is -0.865. The van der Waals surface area contributed by atoms with Gasteiger partial charge in [-0.25, -0.2) is 4.79 Å². The zero-order chi connectivity index (χ0) is 11.9. The van der Waals surface area contributed by atoms with Crippen LogP contribution in [0, 0.1) is 6.92 Å². The molecule has 1 heterocycles. The summed E-state index contributed by atoms with van der Waals surface area (Å²) in [5.41, 5.74) is 3.70. The first-order valence-corrected chi connectivity index (χ1v) is 5.36. The fourth-order valence-electron chi connectivity index (χ4n) is 2.27. The van der Waals surface area contributed by atoms with Crippen molar-refractivity contribution in [1.82, 2.24) is 4.57 Å². The highest BCUT2D eigenvalue weighted by Gasteiger charge is 2.12. The lowest BCUT2D eigenvalue weighted by atomic mass is 10.0. The molecule has 0 saturated carbocycles. The van der Waals surface area contributed by atoms with E-state index >= 15 is 0 Å². The van der Waals surface area contributed by atoms with Crippen LogP contribution in [0.1, 0.15) is 28.4 Å². The number of carbonyl (C=O) groups is 1. The number of nitrogens with zero attached hydrogens (tertiary/aromatic N) is 1. The van der Waals surface area contributed by atoms with Crippen molar-refractivity contribution >= 4 is 16.9 Å². The highest BCUT2D eigenvalue weighted by molar-refractivity contribution is 5.96. The average Bonchev–Trinajstić information content (AvgIpc) is 2.55. The van der Waals surface area contributed by atoms with Gasteiger partial charge in [0.15, 0.2) is 0 Å². The van der Waals surface area contributed by atoms with Crippen LogP contribution in [0.5, 0.6) is 0 Å². The smallest absolute Gasteiger partial charge is 0.335 e. The van der Waals surface area contributed by atoms with E-state index in [9.17, 15) is 4.79 Å². The summed E-state index contributed by atoms with van der Waals surface area (Å²) < 4.78 is 2.06. The number of fused-ring (bicyclic) bond motifs is 1. The fraction of sp³-hybridized carbons (Fsp3) is 0.308. The predicted molar refractivity (Wildman–Crippen MR) is 64.0 cm³/mol. The number of aromatic nitrogens is 1. The molecular formula is C13H15NO2. The molecule has 0 aliphatic rings. The summed E-state index contributed by atoms with van der Waals surface area (Å²) in [6.45, 7) is 4.03. The summed E-state index contributed by atoms with van der Waals surface area (Å²) in [5, 5.41) is 10.1. The van der Waals surface area contributed by atoms with Gasteiger partial charge in [-0.1, -0.05) is 6.92 Å². The second-order valence-corrected chi connectivity index (χ2v) is 4.11. The number of benzene rings is 1. The third-order valence-electron chi connectivity index (χ3n) is 2.98. The van der Waals surface area contributed by atoms with Gasteiger partial charge in [-0.2, -0.15) is 0 Å². The lowest BCUT2D eigenvalue weighted by Crippen LogP contribution is -1.98. The first kappa shape index (κ1) is 10.7. The summed E-state index contributed by atoms with van der Waals surface area (Å²) in [6.07, 6.45) is 2.99. The lowest BCUT2D eigenvalue weighted by molar-refractivity contribution is 0.0697. The van der Waals surface area contributed by atoms with E-state index in [1.807, 2.05) is 14.0 Å². The summed E-state index contributed by atoms with van der Waals surface area (Å²) in [7, 11) is 1.99. The van der Waals surface area contributed by atoms with Gasteiger partial charge in [-0.15, -0.1) is 0 Å². The van der Waals surface area contributed by atoms with E-state index in [0.717, 1.165) is 22.9 Å². The maximum atomic E-state index is 11.0. The topological polar surface area (TPSA) is 42.2 Å². The molecule has 0 fully saturated rings. The van der Waals surface area contributed by atoms with Gasteiger partial charge in [0.25, 0.3) is 0 Å². The molecule has 2 rings (SSSR count). The Hall–Kier alpha value is -1.77. The van der Waals surface area contributed by atoms with Crippen LogP contribution < -0.4 is 0 Å². The fourth-order valence-corrected chi connectivity index (χ4v) is 2.27. The molecule has 0 saturated heterocycles. The van der Waals surface area contributed by atoms with Crippen molar-refractivity contribution in [2.75, 3.05) is 0 Å². The van der Waals surface area contributed by atoms with E-state index in [-0.39, 0.29) is 0 Å². The summed E-state index contributed by atoms with van der Waals surface area (Å²) >= 11 is 0. The number of aryl methyl sites for hydroxylation is 3. The Labute approximate surface area is 94.3 Å². The molecule has 16 heavy (non-hydrogen) atoms. The maximum Gasteiger partial charge on any atom is 0.335 e. The zero-order valence-corrected chi connectivity index (χ0v) is 9.74. The molecule has 0 aliphatic heterocycles. The third kappa shape index (κ3) is 1.48. The molecule has 2 aromatic rings. The van der Waals surface area contributed by atoms with Crippen molar-refractivity contribution < 1.29 is 9.90 Å². The molecule has 0 aliphatic carbocycles. The molecule has 3 heteroatoms. The Bertz CT molecular complexity index is 567. The number of carboxylic acid groups (broad SMARTS) is 1. The molecule has 3 nitrogen and oxygen atoms in total. The molecule has 84 valence electrons. The van der Waals surface area contributed by atoms with E-state index in [1.165, 1.54) is 5.56 Å². The Morgan fingerprint density at radius 3 is 2.69 bits per heavy atom. The second kappa shape index (κ2) is 3.67. The van der Waals surface area contributed by atoms with E-state index in [0.29, 0.717) is 5.56 Å². The summed E-state index contributed by atoms with van der Waals surface area (Å²) in [6, 6.07) is 3.49. The van der Waals surface area contributed by atoms with Crippen molar-refractivity contribution in [2.45, 2.75) is 20.3 Å². The predicted octanol–water partition coefficient (Wildman–Crippen LogP) is 2.75. The van der Waals surface area contributed by atoms with E-state index in [2.05, 4.69) is 17.7 Å². The zero-order valence-electron chi connectivity index (χ0n) is 9.74. The molecule has 0 spiro atoms. The van der Waals surface area contributed by atoms with Crippen LogP contribution in [0.2, 0.25) is 0 Å². The number of hydrogen-bond donors (Lipinski definition) is 1. The van der Waals surface area contributed by atoms with Gasteiger partial charge in [0.2, 0.25) is 0 Å². The van der Waals surface area contributed by atoms with E-state index in [1.54, 1.807) is 12.1 Å². The molecule has 1 N–H and O–H groups in total. The average molecular weight is 217 g/mol. The molecule has 1 aromatic carbocycles. The Balaban J connectivity index is 2.84. The van der Waals surface area contributed by atoms with Crippen molar-refractivity contribution in [2.24, 2.45) is 7.05 Å². The number of hydrogen-bond acceptors (Lipinski definition) is 1. The van der Waals surface area contributed by atoms with E-state index in [4.69, 9.17) is 5.11 Å². The van der Waals surface area contributed by atoms with Crippen LogP contribution in [0.3, 0.4) is 0 Å². The summed E-state index contributed by atoms with van der Waals surface area (Å²) in [4.78, 5) is 11.0. The normalized spacial score (nSPS) is 10.9. The minimum atomic E-state index is -0.865. The Kier molecular flexibility index (Phi) is 2.46. The first-order valence-electron chi connectivity index (χ1n) is 5.36. The van der Waals surface area contributed by atoms with Gasteiger partial charge >= 0.3 is 5.97 Å². The standard InChI is InChI=1S/C13H15NO2/c1-4-9-7-14(3)12-8(2)5-10(13(15)16)6-11(9)12/h5-7H,4H2,1-3H3,(H,15,16). The van der Waals surface area contributed by atoms with Gasteiger partial charge < -0.3 is 9.67 Å². The molecule has 0 amide bonds. The van der Waals surface area contributed by atoms with Gasteiger partial charge in [0.1, 0.15) is 0 Å². The van der Waals surface area contributed by atoms with Crippen LogP contribution >= 0.6 is 0 Å². The van der Waals surface area contributed by atoms with Crippen molar-refractivity contribution in [3.63, 3.8) is 0 Å². The quantitative estimate of drug-likeness (QED) is 0.840. The Morgan fingerprint density at radius 2 is 2.12 bits per heavy atom. The van der Waals surface area contributed by atoms with Crippen LogP contribution in [0.25, 0.3) is 10.9 Å². The SMILES string of the molecule is CCc1cn(C)c2c(C)cc(C(=O)O)cc12. The van der Waals surface area contributed by atoms with Crippen LogP contribution in [0.4, 0.5) is 0 Å². The minimum absolute atomic E-state index is 0.367. The number of aromatic carboxylic acids is 1. The van der Waals surface area contributed by atoms with Crippen LogP contribution in [-0.4, -0.2) is 15.6 Å².